The van der Waals surface area contributed by atoms with Gasteiger partial charge in [-0.25, -0.2) is 4.39 Å². The van der Waals surface area contributed by atoms with Crippen LogP contribution in [0.2, 0.25) is 0 Å². The van der Waals surface area contributed by atoms with Gasteiger partial charge in [-0.2, -0.15) is 0 Å². The van der Waals surface area contributed by atoms with Crippen LogP contribution in [0, 0.1) is 19.7 Å². The van der Waals surface area contributed by atoms with Crippen LogP contribution < -0.4 is 4.90 Å². The molecule has 4 rings (SSSR count). The van der Waals surface area contributed by atoms with Gasteiger partial charge >= 0.3 is 5.91 Å². The highest BCUT2D eigenvalue weighted by molar-refractivity contribution is 7.15. The van der Waals surface area contributed by atoms with E-state index in [0.717, 1.165) is 21.8 Å². The van der Waals surface area contributed by atoms with Crippen LogP contribution in [0.3, 0.4) is 0 Å². The van der Waals surface area contributed by atoms with Gasteiger partial charge in [-0.05, 0) is 19.9 Å². The first-order valence-corrected chi connectivity index (χ1v) is 9.62. The molecule has 8 heteroatoms. The number of carbonyl (C=O) groups excluding carboxylic acids is 2. The number of aliphatic hydroxyl groups excluding tert-OH is 1. The van der Waals surface area contributed by atoms with Crippen LogP contribution in [0.5, 0.6) is 0 Å². The first-order valence-electron chi connectivity index (χ1n) is 8.81. The summed E-state index contributed by atoms with van der Waals surface area (Å²) in [5.74, 6) is -2.74. The van der Waals surface area contributed by atoms with Crippen molar-refractivity contribution in [3.8, 4) is 0 Å². The maximum absolute atomic E-state index is 14.7. The summed E-state index contributed by atoms with van der Waals surface area (Å²) in [6, 6.07) is 11.5. The average molecular weight is 409 g/mol. The number of Topliss-reactive ketones (excluding diaryl/α,β-unsaturated/α-hetero) is 1. The highest BCUT2D eigenvalue weighted by Crippen LogP contribution is 2.43. The van der Waals surface area contributed by atoms with Crippen molar-refractivity contribution in [1.29, 1.82) is 0 Å². The molecule has 0 bridgehead atoms. The third-order valence-corrected chi connectivity index (χ3v) is 5.53. The number of carbonyl (C=O) groups is 2. The molecule has 2 heterocycles. The molecule has 0 unspecified atom stereocenters. The predicted molar refractivity (Wildman–Crippen MR) is 107 cm³/mol. The van der Waals surface area contributed by atoms with Gasteiger partial charge in [0.2, 0.25) is 5.13 Å². The second-order valence-electron chi connectivity index (χ2n) is 6.66. The Kier molecular flexibility index (Phi) is 4.71. The van der Waals surface area contributed by atoms with Crippen molar-refractivity contribution in [3.63, 3.8) is 0 Å². The topological polar surface area (TPSA) is 83.4 Å². The zero-order valence-electron chi connectivity index (χ0n) is 15.6. The van der Waals surface area contributed by atoms with Crippen molar-refractivity contribution in [3.05, 3.63) is 81.6 Å². The number of amides is 1. The standard InChI is InChI=1S/C21H16FN3O3S/c1-11-7-9-13(10-8-11)18(26)16-17(14-5-3-4-6-15(14)22)25(20(28)19(16)27)21-24-23-12(2)29-21/h3-10,17,26H,1-2H3/t17-/m1/s1. The summed E-state index contributed by atoms with van der Waals surface area (Å²) in [6.45, 7) is 3.60. The third-order valence-electron chi connectivity index (χ3n) is 4.69. The normalized spacial score (nSPS) is 18.4. The summed E-state index contributed by atoms with van der Waals surface area (Å²) in [5, 5.41) is 19.5. The fourth-order valence-electron chi connectivity index (χ4n) is 3.27. The van der Waals surface area contributed by atoms with E-state index in [2.05, 4.69) is 10.2 Å². The smallest absolute Gasteiger partial charge is 0.301 e. The predicted octanol–water partition coefficient (Wildman–Crippen LogP) is 3.92. The molecule has 1 saturated heterocycles. The molecule has 1 atom stereocenters. The lowest BCUT2D eigenvalue weighted by molar-refractivity contribution is -0.132. The van der Waals surface area contributed by atoms with Crippen LogP contribution in [-0.4, -0.2) is 27.0 Å². The summed E-state index contributed by atoms with van der Waals surface area (Å²) >= 11 is 1.11. The summed E-state index contributed by atoms with van der Waals surface area (Å²) in [4.78, 5) is 26.9. The quantitative estimate of drug-likeness (QED) is 0.403. The fraction of sp³-hybridized carbons (Fsp3) is 0.143. The molecule has 29 heavy (non-hydrogen) atoms. The molecule has 1 aliphatic heterocycles. The number of hydrogen-bond acceptors (Lipinski definition) is 6. The third kappa shape index (κ3) is 3.21. The van der Waals surface area contributed by atoms with Crippen molar-refractivity contribution in [2.75, 3.05) is 4.90 Å². The van der Waals surface area contributed by atoms with Gasteiger partial charge in [0.1, 0.15) is 22.6 Å². The maximum Gasteiger partial charge on any atom is 0.301 e. The lowest BCUT2D eigenvalue weighted by Gasteiger charge is -2.22. The molecular weight excluding hydrogens is 393 g/mol. The Hall–Kier alpha value is -3.39. The molecule has 1 aromatic heterocycles. The number of aliphatic hydroxyl groups is 1. The summed E-state index contributed by atoms with van der Waals surface area (Å²) in [7, 11) is 0. The minimum Gasteiger partial charge on any atom is -0.507 e. The monoisotopic (exact) mass is 409 g/mol. The van der Waals surface area contributed by atoms with Crippen molar-refractivity contribution in [1.82, 2.24) is 10.2 Å². The number of halogens is 1. The zero-order chi connectivity index (χ0) is 20.7. The van der Waals surface area contributed by atoms with Gasteiger partial charge in [0.25, 0.3) is 5.78 Å². The van der Waals surface area contributed by atoms with Gasteiger partial charge in [-0.3, -0.25) is 14.5 Å². The maximum atomic E-state index is 14.7. The second-order valence-corrected chi connectivity index (χ2v) is 7.82. The van der Waals surface area contributed by atoms with E-state index in [0.29, 0.717) is 10.6 Å². The molecule has 6 nitrogen and oxygen atoms in total. The molecule has 1 fully saturated rings. The molecule has 0 aliphatic carbocycles. The van der Waals surface area contributed by atoms with Crippen molar-refractivity contribution >= 4 is 33.9 Å². The number of aryl methyl sites for hydroxylation is 2. The Labute approximate surface area is 169 Å². The Morgan fingerprint density at radius 2 is 1.76 bits per heavy atom. The van der Waals surface area contributed by atoms with Crippen LogP contribution >= 0.6 is 11.3 Å². The van der Waals surface area contributed by atoms with Gasteiger partial charge in [0.15, 0.2) is 0 Å². The van der Waals surface area contributed by atoms with Crippen LogP contribution in [0.4, 0.5) is 9.52 Å². The van der Waals surface area contributed by atoms with E-state index in [1.54, 1.807) is 37.3 Å². The lowest BCUT2D eigenvalue weighted by atomic mass is 9.95. The van der Waals surface area contributed by atoms with E-state index >= 15 is 0 Å². The molecule has 0 spiro atoms. The van der Waals surface area contributed by atoms with Crippen molar-refractivity contribution < 1.29 is 19.1 Å². The van der Waals surface area contributed by atoms with Crippen LogP contribution in [-0.2, 0) is 9.59 Å². The van der Waals surface area contributed by atoms with E-state index < -0.39 is 23.5 Å². The highest BCUT2D eigenvalue weighted by atomic mass is 32.1. The van der Waals surface area contributed by atoms with E-state index in [-0.39, 0.29) is 22.0 Å². The van der Waals surface area contributed by atoms with Crippen LogP contribution in [0.15, 0.2) is 54.1 Å². The number of aromatic nitrogens is 2. The molecule has 146 valence electrons. The van der Waals surface area contributed by atoms with E-state index in [4.69, 9.17) is 0 Å². The molecule has 1 N–H and O–H groups in total. The number of anilines is 1. The Bertz CT molecular complexity index is 1150. The molecule has 0 saturated carbocycles. The van der Waals surface area contributed by atoms with E-state index in [9.17, 15) is 19.1 Å². The number of benzene rings is 2. The van der Waals surface area contributed by atoms with Crippen LogP contribution in [0.25, 0.3) is 5.76 Å². The first-order chi connectivity index (χ1) is 13.9. The van der Waals surface area contributed by atoms with E-state index in [1.807, 2.05) is 6.92 Å². The van der Waals surface area contributed by atoms with Crippen molar-refractivity contribution in [2.45, 2.75) is 19.9 Å². The highest BCUT2D eigenvalue weighted by Gasteiger charge is 2.49. The Balaban J connectivity index is 1.97. The summed E-state index contributed by atoms with van der Waals surface area (Å²) in [5.41, 5.74) is 1.24. The first kappa shape index (κ1) is 18.9. The van der Waals surface area contributed by atoms with Crippen LogP contribution in [0.1, 0.15) is 27.7 Å². The SMILES string of the molecule is Cc1ccc(C(O)=C2C(=O)C(=O)N(c3nnc(C)s3)[C@@H]2c2ccccc2F)cc1. The summed E-state index contributed by atoms with van der Waals surface area (Å²) in [6.07, 6.45) is 0. The average Bonchev–Trinajstić information content (AvgIpc) is 3.23. The van der Waals surface area contributed by atoms with Gasteiger partial charge in [-0.15, -0.1) is 10.2 Å². The molecule has 0 radical (unpaired) electrons. The van der Waals surface area contributed by atoms with Gasteiger partial charge in [0.05, 0.1) is 5.57 Å². The summed E-state index contributed by atoms with van der Waals surface area (Å²) < 4.78 is 14.7. The minimum atomic E-state index is -1.15. The molecular formula is C21H16FN3O3S. The number of hydrogen-bond donors (Lipinski definition) is 1. The molecule has 1 amide bonds. The molecule has 2 aromatic carbocycles. The minimum absolute atomic E-state index is 0.0909. The van der Waals surface area contributed by atoms with E-state index in [1.165, 1.54) is 18.2 Å². The molecule has 1 aliphatic rings. The second kappa shape index (κ2) is 7.21. The Morgan fingerprint density at radius 3 is 2.38 bits per heavy atom. The largest absolute Gasteiger partial charge is 0.507 e. The fourth-order valence-corrected chi connectivity index (χ4v) is 3.99. The number of rotatable bonds is 3. The van der Waals surface area contributed by atoms with Gasteiger partial charge in [-0.1, -0.05) is 59.4 Å². The lowest BCUT2D eigenvalue weighted by Crippen LogP contribution is -2.29. The van der Waals surface area contributed by atoms with Gasteiger partial charge in [0, 0.05) is 11.1 Å². The Morgan fingerprint density at radius 1 is 1.07 bits per heavy atom. The molecule has 3 aromatic rings. The zero-order valence-corrected chi connectivity index (χ0v) is 16.4. The van der Waals surface area contributed by atoms with Crippen molar-refractivity contribution in [2.24, 2.45) is 0 Å². The number of ketones is 1. The number of nitrogens with zero attached hydrogens (tertiary/aromatic N) is 3. The van der Waals surface area contributed by atoms with Gasteiger partial charge < -0.3 is 5.11 Å².